The van der Waals surface area contributed by atoms with Crippen molar-refractivity contribution in [2.75, 3.05) is 11.1 Å². The average molecular weight is 351 g/mol. The van der Waals surface area contributed by atoms with Crippen molar-refractivity contribution >= 4 is 50.4 Å². The number of aryl methyl sites for hydroxylation is 1. The van der Waals surface area contributed by atoms with Crippen LogP contribution in [0, 0.1) is 6.92 Å². The van der Waals surface area contributed by atoms with Gasteiger partial charge in [0.2, 0.25) is 0 Å². The minimum Gasteiger partial charge on any atom is -0.375 e. The van der Waals surface area contributed by atoms with E-state index >= 15 is 0 Å². The van der Waals surface area contributed by atoms with Crippen molar-refractivity contribution in [3.63, 3.8) is 0 Å². The molecule has 0 atom stereocenters. The maximum atomic E-state index is 12.2. The van der Waals surface area contributed by atoms with Crippen LogP contribution in [0.5, 0.6) is 0 Å². The summed E-state index contributed by atoms with van der Waals surface area (Å²) in [5.74, 6) is -0.249. The van der Waals surface area contributed by atoms with E-state index in [1.807, 2.05) is 12.3 Å². The van der Waals surface area contributed by atoms with Crippen molar-refractivity contribution in [3.8, 4) is 10.6 Å². The van der Waals surface area contributed by atoms with E-state index in [0.717, 1.165) is 16.3 Å². The average Bonchev–Trinajstić information content (AvgIpc) is 3.05. The van der Waals surface area contributed by atoms with E-state index in [1.54, 1.807) is 24.3 Å². The maximum absolute atomic E-state index is 12.2. The topological polar surface area (TPSA) is 80.9 Å². The van der Waals surface area contributed by atoms with E-state index in [2.05, 4.69) is 15.3 Å². The Kier molecular flexibility index (Phi) is 4.10. The zero-order chi connectivity index (χ0) is 15.7. The lowest BCUT2D eigenvalue weighted by atomic mass is 10.2. The molecule has 1 amide bonds. The van der Waals surface area contributed by atoms with Crippen LogP contribution in [-0.4, -0.2) is 15.9 Å². The van der Waals surface area contributed by atoms with Crippen molar-refractivity contribution in [3.05, 3.63) is 45.9 Å². The SMILES string of the molecule is Cc1nc(NC(=O)c2cccc(Cl)c2)sc1-c1csc(N)n1. The molecule has 3 aromatic rings. The van der Waals surface area contributed by atoms with Gasteiger partial charge in [0.15, 0.2) is 10.3 Å². The monoisotopic (exact) mass is 350 g/mol. The number of benzene rings is 1. The van der Waals surface area contributed by atoms with Crippen molar-refractivity contribution < 1.29 is 4.79 Å². The predicted octanol–water partition coefficient (Wildman–Crippen LogP) is 4.06. The molecule has 0 aliphatic rings. The van der Waals surface area contributed by atoms with Gasteiger partial charge >= 0.3 is 0 Å². The zero-order valence-electron chi connectivity index (χ0n) is 11.5. The van der Waals surface area contributed by atoms with Crippen LogP contribution in [0.2, 0.25) is 5.02 Å². The van der Waals surface area contributed by atoms with Gasteiger partial charge in [0.05, 0.1) is 16.3 Å². The number of amides is 1. The highest BCUT2D eigenvalue weighted by Gasteiger charge is 2.15. The van der Waals surface area contributed by atoms with Crippen LogP contribution in [0.25, 0.3) is 10.6 Å². The number of nitrogens with one attached hydrogen (secondary N) is 1. The van der Waals surface area contributed by atoms with Crippen LogP contribution in [0.1, 0.15) is 16.1 Å². The van der Waals surface area contributed by atoms with Gasteiger partial charge in [0.25, 0.3) is 5.91 Å². The number of aromatic nitrogens is 2. The van der Waals surface area contributed by atoms with Crippen LogP contribution in [-0.2, 0) is 0 Å². The van der Waals surface area contributed by atoms with Crippen LogP contribution >= 0.6 is 34.3 Å². The molecule has 3 rings (SSSR count). The summed E-state index contributed by atoms with van der Waals surface area (Å²) in [6.45, 7) is 1.87. The van der Waals surface area contributed by atoms with Gasteiger partial charge in [-0.2, -0.15) is 0 Å². The first-order valence-corrected chi connectivity index (χ1v) is 8.36. The highest BCUT2D eigenvalue weighted by Crippen LogP contribution is 2.34. The molecular formula is C14H11ClN4OS2. The van der Waals surface area contributed by atoms with E-state index in [4.69, 9.17) is 17.3 Å². The lowest BCUT2D eigenvalue weighted by Gasteiger charge is -2.01. The number of carbonyl (C=O) groups excluding carboxylic acids is 1. The van der Waals surface area contributed by atoms with Gasteiger partial charge in [-0.1, -0.05) is 29.0 Å². The molecule has 2 heterocycles. The zero-order valence-corrected chi connectivity index (χ0v) is 13.9. The molecule has 0 saturated carbocycles. The normalized spacial score (nSPS) is 10.6. The van der Waals surface area contributed by atoms with E-state index < -0.39 is 0 Å². The summed E-state index contributed by atoms with van der Waals surface area (Å²) in [7, 11) is 0. The Balaban J connectivity index is 1.83. The summed E-state index contributed by atoms with van der Waals surface area (Å²) in [5, 5.41) is 6.19. The molecule has 0 radical (unpaired) electrons. The Morgan fingerprint density at radius 3 is 2.86 bits per heavy atom. The molecule has 1 aromatic carbocycles. The van der Waals surface area contributed by atoms with E-state index in [-0.39, 0.29) is 5.91 Å². The molecule has 0 bridgehead atoms. The Bertz CT molecular complexity index is 843. The lowest BCUT2D eigenvalue weighted by Crippen LogP contribution is -2.11. The molecule has 22 heavy (non-hydrogen) atoms. The number of hydrogen-bond donors (Lipinski definition) is 2. The van der Waals surface area contributed by atoms with Crippen molar-refractivity contribution in [2.24, 2.45) is 0 Å². The minimum atomic E-state index is -0.249. The fraction of sp³-hybridized carbons (Fsp3) is 0.0714. The van der Waals surface area contributed by atoms with E-state index in [9.17, 15) is 4.79 Å². The summed E-state index contributed by atoms with van der Waals surface area (Å²) >= 11 is 8.63. The molecule has 3 N–H and O–H groups in total. The number of nitrogens with two attached hydrogens (primary N) is 1. The second kappa shape index (κ2) is 6.04. The van der Waals surface area contributed by atoms with Gasteiger partial charge in [-0.05, 0) is 25.1 Å². The number of rotatable bonds is 3. The number of nitrogens with zero attached hydrogens (tertiary/aromatic N) is 2. The van der Waals surface area contributed by atoms with Crippen LogP contribution in [0.15, 0.2) is 29.6 Å². The van der Waals surface area contributed by atoms with Crippen molar-refractivity contribution in [1.82, 2.24) is 9.97 Å². The number of thiazole rings is 2. The minimum absolute atomic E-state index is 0.249. The van der Waals surface area contributed by atoms with Gasteiger partial charge in [0, 0.05) is 16.0 Å². The Labute approximate surface area is 139 Å². The van der Waals surface area contributed by atoms with E-state index in [1.165, 1.54) is 22.7 Å². The smallest absolute Gasteiger partial charge is 0.257 e. The van der Waals surface area contributed by atoms with Gasteiger partial charge in [-0.3, -0.25) is 10.1 Å². The molecule has 0 aliphatic carbocycles. The fourth-order valence-corrected chi connectivity index (χ4v) is 3.62. The van der Waals surface area contributed by atoms with Gasteiger partial charge in [-0.15, -0.1) is 11.3 Å². The van der Waals surface area contributed by atoms with E-state index in [0.29, 0.717) is 20.8 Å². The Morgan fingerprint density at radius 1 is 1.36 bits per heavy atom. The molecule has 2 aromatic heterocycles. The number of nitrogen functional groups attached to an aromatic ring is 1. The third-order valence-corrected chi connectivity index (χ3v) is 4.86. The largest absolute Gasteiger partial charge is 0.375 e. The Morgan fingerprint density at radius 2 is 2.18 bits per heavy atom. The standard InChI is InChI=1S/C14H11ClN4OS2/c1-7-11(10-6-21-13(16)18-10)22-14(17-7)19-12(20)8-3-2-4-9(15)5-8/h2-6H,1H3,(H2,16,18)(H,17,19,20). The molecule has 5 nitrogen and oxygen atoms in total. The fourth-order valence-electron chi connectivity index (χ4n) is 1.88. The lowest BCUT2D eigenvalue weighted by molar-refractivity contribution is 0.102. The first-order chi connectivity index (χ1) is 10.5. The highest BCUT2D eigenvalue weighted by molar-refractivity contribution is 7.19. The van der Waals surface area contributed by atoms with Crippen LogP contribution < -0.4 is 11.1 Å². The highest BCUT2D eigenvalue weighted by atomic mass is 35.5. The first kappa shape index (κ1) is 15.0. The summed E-state index contributed by atoms with van der Waals surface area (Å²) in [6, 6.07) is 6.76. The van der Waals surface area contributed by atoms with Crippen molar-refractivity contribution in [1.29, 1.82) is 0 Å². The van der Waals surface area contributed by atoms with Gasteiger partial charge < -0.3 is 5.73 Å². The quantitative estimate of drug-likeness (QED) is 0.746. The van der Waals surface area contributed by atoms with Gasteiger partial charge in [-0.25, -0.2) is 9.97 Å². The maximum Gasteiger partial charge on any atom is 0.257 e. The van der Waals surface area contributed by atoms with Crippen LogP contribution in [0.4, 0.5) is 10.3 Å². The first-order valence-electron chi connectivity index (χ1n) is 6.28. The molecule has 8 heteroatoms. The summed E-state index contributed by atoms with van der Waals surface area (Å²) < 4.78 is 0. The predicted molar refractivity (Wildman–Crippen MR) is 91.8 cm³/mol. The summed E-state index contributed by atoms with van der Waals surface area (Å²) in [5.41, 5.74) is 7.72. The molecule has 0 unspecified atom stereocenters. The second-order valence-corrected chi connectivity index (χ2v) is 6.79. The molecule has 0 saturated heterocycles. The summed E-state index contributed by atoms with van der Waals surface area (Å²) in [6.07, 6.45) is 0. The number of anilines is 2. The third-order valence-electron chi connectivity index (χ3n) is 2.86. The second-order valence-electron chi connectivity index (χ2n) is 4.47. The summed E-state index contributed by atoms with van der Waals surface area (Å²) in [4.78, 5) is 21.7. The van der Waals surface area contributed by atoms with Gasteiger partial charge in [0.1, 0.15) is 0 Å². The number of hydrogen-bond acceptors (Lipinski definition) is 6. The molecule has 0 aliphatic heterocycles. The third kappa shape index (κ3) is 3.11. The number of halogens is 1. The molecule has 0 fully saturated rings. The van der Waals surface area contributed by atoms with Crippen molar-refractivity contribution in [2.45, 2.75) is 6.92 Å². The molecular weight excluding hydrogens is 340 g/mol. The molecule has 0 spiro atoms. The van der Waals surface area contributed by atoms with Crippen LogP contribution in [0.3, 0.4) is 0 Å². The Hall–Kier alpha value is -1.96. The molecule has 112 valence electrons. The number of carbonyl (C=O) groups is 1.